The van der Waals surface area contributed by atoms with E-state index in [1.54, 1.807) is 42.5 Å². The quantitative estimate of drug-likeness (QED) is 0.0951. The van der Waals surface area contributed by atoms with Gasteiger partial charge in [0.1, 0.15) is 31.7 Å². The molecule has 2 aliphatic heterocycles. The van der Waals surface area contributed by atoms with E-state index >= 15 is 0 Å². The molecular formula is C48H68N2O18. The summed E-state index contributed by atoms with van der Waals surface area (Å²) in [5, 5.41) is 5.84. The second-order valence-corrected chi connectivity index (χ2v) is 15.9. The van der Waals surface area contributed by atoms with Crippen LogP contribution in [0.2, 0.25) is 0 Å². The van der Waals surface area contributed by atoms with E-state index in [1.165, 1.54) is 6.92 Å². The third kappa shape index (κ3) is 22.0. The molecule has 4 rings (SSSR count). The van der Waals surface area contributed by atoms with Crippen LogP contribution in [0.3, 0.4) is 0 Å². The Morgan fingerprint density at radius 1 is 0.500 bits per heavy atom. The van der Waals surface area contributed by atoms with Gasteiger partial charge in [-0.1, -0.05) is 38.5 Å². The highest BCUT2D eigenvalue weighted by Crippen LogP contribution is 2.33. The number of nitrogens with one attached hydrogen (secondary N) is 2. The molecule has 5 atom stereocenters. The molecule has 2 aromatic rings. The first kappa shape index (κ1) is 55.1. The van der Waals surface area contributed by atoms with Gasteiger partial charge in [-0.15, -0.1) is 0 Å². The van der Waals surface area contributed by atoms with Gasteiger partial charge in [0.2, 0.25) is 24.2 Å². The van der Waals surface area contributed by atoms with Crippen molar-refractivity contribution in [2.45, 2.75) is 123 Å². The lowest BCUT2D eigenvalue weighted by molar-refractivity contribution is -0.288. The van der Waals surface area contributed by atoms with Gasteiger partial charge >= 0.3 is 23.9 Å². The minimum atomic E-state index is -1.39. The number of esters is 4. The third-order valence-corrected chi connectivity index (χ3v) is 10.2. The summed E-state index contributed by atoms with van der Waals surface area (Å²) in [6, 6.07) is 11.7. The predicted molar refractivity (Wildman–Crippen MR) is 243 cm³/mol. The van der Waals surface area contributed by atoms with Crippen molar-refractivity contribution in [2.24, 2.45) is 0 Å². The molecule has 2 aromatic carbocycles. The van der Waals surface area contributed by atoms with Crippen molar-refractivity contribution in [2.75, 3.05) is 83.3 Å². The van der Waals surface area contributed by atoms with Crippen molar-refractivity contribution in [1.29, 1.82) is 0 Å². The fourth-order valence-electron chi connectivity index (χ4n) is 7.11. The van der Waals surface area contributed by atoms with E-state index < -0.39 is 54.6 Å². The van der Waals surface area contributed by atoms with Gasteiger partial charge in [0.25, 0.3) is 0 Å². The zero-order valence-corrected chi connectivity index (χ0v) is 39.6. The van der Waals surface area contributed by atoms with Crippen molar-refractivity contribution in [3.05, 3.63) is 42.5 Å². The van der Waals surface area contributed by atoms with Crippen LogP contribution in [0.4, 0.5) is 11.4 Å². The van der Waals surface area contributed by atoms with Crippen LogP contribution in [-0.4, -0.2) is 139 Å². The normalized spacial score (nSPS) is 20.6. The van der Waals surface area contributed by atoms with E-state index in [9.17, 15) is 28.8 Å². The number of fused-ring (bicyclic) bond motifs is 1. The zero-order valence-electron chi connectivity index (χ0n) is 39.6. The fraction of sp³-hybridized carbons (Fsp3) is 0.625. The molecule has 378 valence electrons. The number of benzene rings is 2. The monoisotopic (exact) mass is 960 g/mol. The Kier molecular flexibility index (Phi) is 25.5. The molecule has 2 N–H and O–H groups in total. The first-order chi connectivity index (χ1) is 32.9. The minimum absolute atomic E-state index is 0.0734. The largest absolute Gasteiger partial charge is 0.487 e. The van der Waals surface area contributed by atoms with Crippen molar-refractivity contribution in [1.82, 2.24) is 0 Å². The van der Waals surface area contributed by atoms with Crippen LogP contribution in [0.1, 0.15) is 91.9 Å². The van der Waals surface area contributed by atoms with Gasteiger partial charge in [-0.25, -0.2) is 0 Å². The van der Waals surface area contributed by atoms with Crippen LogP contribution in [-0.2, 0) is 71.4 Å². The van der Waals surface area contributed by atoms with Gasteiger partial charge in [0.05, 0.1) is 52.9 Å². The highest BCUT2D eigenvalue weighted by molar-refractivity contribution is 5.91. The Bertz CT molecular complexity index is 1860. The van der Waals surface area contributed by atoms with Crippen molar-refractivity contribution in [3.8, 4) is 17.2 Å². The second-order valence-electron chi connectivity index (χ2n) is 15.9. The molecule has 2 amide bonds. The maximum atomic E-state index is 12.8. The fourth-order valence-corrected chi connectivity index (χ4v) is 7.11. The van der Waals surface area contributed by atoms with Crippen molar-refractivity contribution in [3.63, 3.8) is 0 Å². The predicted octanol–water partition coefficient (Wildman–Crippen LogP) is 5.46. The molecule has 2 heterocycles. The Balaban J connectivity index is 1.12. The molecule has 68 heavy (non-hydrogen) atoms. The lowest BCUT2D eigenvalue weighted by atomic mass is 9.98. The highest BCUT2D eigenvalue weighted by atomic mass is 16.7. The van der Waals surface area contributed by atoms with E-state index in [-0.39, 0.29) is 24.2 Å². The first-order valence-electron chi connectivity index (χ1n) is 23.3. The number of carbonyl (C=O) groups excluding carboxylic acids is 6. The number of hydrogen-bond acceptors (Lipinski definition) is 18. The van der Waals surface area contributed by atoms with E-state index in [0.29, 0.717) is 102 Å². The van der Waals surface area contributed by atoms with E-state index in [1.807, 2.05) is 0 Å². The molecule has 1 saturated heterocycles. The Labute approximate surface area is 397 Å². The van der Waals surface area contributed by atoms with Gasteiger partial charge < -0.3 is 67.5 Å². The molecule has 0 aliphatic carbocycles. The summed E-state index contributed by atoms with van der Waals surface area (Å²) in [6.07, 6.45) is 1.55. The summed E-state index contributed by atoms with van der Waals surface area (Å²) in [4.78, 5) is 73.3. The lowest BCUT2D eigenvalue weighted by Gasteiger charge is -2.43. The summed E-state index contributed by atoms with van der Waals surface area (Å²) in [5.74, 6) is -1.81. The smallest absolute Gasteiger partial charge is 0.303 e. The van der Waals surface area contributed by atoms with E-state index in [0.717, 1.165) is 72.1 Å². The lowest BCUT2D eigenvalue weighted by Crippen LogP contribution is -2.63. The summed E-state index contributed by atoms with van der Waals surface area (Å²) in [5.41, 5.74) is 1.14. The molecule has 20 nitrogen and oxygen atoms in total. The molecular weight excluding hydrogens is 893 g/mol. The van der Waals surface area contributed by atoms with Crippen LogP contribution in [0.15, 0.2) is 42.5 Å². The number of unbranched alkanes of at least 4 members (excludes halogenated alkanes) is 7. The number of rotatable bonds is 20. The maximum Gasteiger partial charge on any atom is 0.303 e. The Morgan fingerprint density at radius 3 is 1.46 bits per heavy atom. The Hall–Kier alpha value is -5.54. The van der Waals surface area contributed by atoms with Crippen molar-refractivity contribution >= 4 is 47.1 Å². The molecule has 0 spiro atoms. The molecule has 2 aliphatic rings. The van der Waals surface area contributed by atoms with Crippen LogP contribution >= 0.6 is 0 Å². The maximum absolute atomic E-state index is 12.8. The number of hydrogen-bond donors (Lipinski definition) is 2. The van der Waals surface area contributed by atoms with Crippen molar-refractivity contribution < 1.29 is 85.6 Å². The molecule has 0 radical (unpaired) electrons. The van der Waals surface area contributed by atoms with Crippen LogP contribution < -0.4 is 24.8 Å². The molecule has 1 fully saturated rings. The van der Waals surface area contributed by atoms with Crippen LogP contribution in [0.5, 0.6) is 17.2 Å². The topological polar surface area (TPSA) is 237 Å². The van der Waals surface area contributed by atoms with E-state index in [4.69, 9.17) is 56.8 Å². The van der Waals surface area contributed by atoms with Crippen LogP contribution in [0, 0.1) is 0 Å². The SMILES string of the molecule is CC(=O)OC[C@H]1O[C@@H](Oc2ccc(NC(=O)CCCCCCCCCCC(=O)Nc3ccc4c(c3)OCCOCCOCCOCCOCCO4)cc2)[C@H](OC(C)=O)[C@@H](OC(C)=O)[C@@H]1OC(C)=O. The molecule has 0 bridgehead atoms. The van der Waals surface area contributed by atoms with Gasteiger partial charge in [0.15, 0.2) is 23.7 Å². The highest BCUT2D eigenvalue weighted by Gasteiger charge is 2.53. The second kappa shape index (κ2) is 31.5. The number of carbonyl (C=O) groups is 6. The molecule has 20 heteroatoms. The van der Waals surface area contributed by atoms with Gasteiger partial charge in [0, 0.05) is 58.0 Å². The number of ether oxygens (including phenoxy) is 12. The molecule has 0 saturated carbocycles. The van der Waals surface area contributed by atoms with Gasteiger partial charge in [-0.2, -0.15) is 0 Å². The average molecular weight is 961 g/mol. The van der Waals surface area contributed by atoms with Gasteiger partial charge in [-0.3, -0.25) is 28.8 Å². The summed E-state index contributed by atoms with van der Waals surface area (Å²) >= 11 is 0. The first-order valence-corrected chi connectivity index (χ1v) is 23.3. The molecule has 0 aromatic heterocycles. The van der Waals surface area contributed by atoms with Crippen LogP contribution in [0.25, 0.3) is 0 Å². The third-order valence-electron chi connectivity index (χ3n) is 10.2. The molecule has 0 unspecified atom stereocenters. The average Bonchev–Trinajstić information content (AvgIpc) is 3.28. The van der Waals surface area contributed by atoms with Gasteiger partial charge in [-0.05, 0) is 49.2 Å². The summed E-state index contributed by atoms with van der Waals surface area (Å²) in [6.45, 7) is 8.41. The zero-order chi connectivity index (χ0) is 48.9. The number of amides is 2. The minimum Gasteiger partial charge on any atom is -0.487 e. The Morgan fingerprint density at radius 2 is 0.941 bits per heavy atom. The number of anilines is 2. The standard InChI is InChI=1S/C48H68N2O18/c1-33(51)63-32-42-45(64-34(2)52)46(65-35(3)53)47(66-36(4)54)48(68-42)67-39-18-15-37(16-19-39)49-43(55)13-11-9-7-5-6-8-10-12-14-44(56)50-38-17-20-40-41(31-38)62-30-28-60-26-24-58-22-21-57-23-25-59-27-29-61-40/h15-20,31,42,45-48H,5-14,21-30,32H2,1-4H3,(H,49,55)(H,50,56)/t42-,45-,46+,47-,48-/m1/s1. The van der Waals surface area contributed by atoms with E-state index in [2.05, 4.69) is 10.6 Å². The summed E-state index contributed by atoms with van der Waals surface area (Å²) in [7, 11) is 0. The summed E-state index contributed by atoms with van der Waals surface area (Å²) < 4.78 is 67.4.